The third-order valence-corrected chi connectivity index (χ3v) is 3.84. The van der Waals surface area contributed by atoms with Crippen LogP contribution in [0.1, 0.15) is 56.3 Å². The number of ketones is 1. The highest BCUT2D eigenvalue weighted by molar-refractivity contribution is 5.96. The Morgan fingerprint density at radius 2 is 1.42 bits per heavy atom. The van der Waals surface area contributed by atoms with Crippen LogP contribution in [0.2, 0.25) is 0 Å². The van der Waals surface area contributed by atoms with Gasteiger partial charge in [-0.3, -0.25) is 9.59 Å². The van der Waals surface area contributed by atoms with E-state index in [1.807, 2.05) is 6.92 Å². The minimum atomic E-state index is -0.213. The summed E-state index contributed by atoms with van der Waals surface area (Å²) in [5.74, 6) is 0.399. The molecule has 136 valence electrons. The second-order valence-electron chi connectivity index (χ2n) is 5.95. The van der Waals surface area contributed by atoms with Crippen molar-refractivity contribution in [3.8, 4) is 5.75 Å². The fraction of sp³-hybridized carbons (Fsp3) is 0.333. The Morgan fingerprint density at radius 3 is 1.96 bits per heavy atom. The van der Waals surface area contributed by atoms with E-state index in [0.717, 1.165) is 19.3 Å². The van der Waals surface area contributed by atoms with Gasteiger partial charge in [0.25, 0.3) is 0 Å². The summed E-state index contributed by atoms with van der Waals surface area (Å²) in [7, 11) is 0. The van der Waals surface area contributed by atoms with Gasteiger partial charge >= 0.3 is 5.97 Å². The lowest BCUT2D eigenvalue weighted by Gasteiger charge is -2.04. The highest BCUT2D eigenvalue weighted by Gasteiger charge is 2.05. The Bertz CT molecular complexity index is 750. The molecule has 0 aliphatic carbocycles. The summed E-state index contributed by atoms with van der Waals surface area (Å²) in [6.45, 7) is 3.93. The number of hydrogen-bond donors (Lipinski definition) is 0. The van der Waals surface area contributed by atoms with Gasteiger partial charge in [-0.05, 0) is 55.0 Å². The molecular weight excluding hydrogens is 328 g/mol. The molecule has 0 heterocycles. The number of esters is 1. The van der Waals surface area contributed by atoms with E-state index in [2.05, 4.69) is 17.2 Å². The van der Waals surface area contributed by atoms with Crippen LogP contribution >= 0.6 is 0 Å². The van der Waals surface area contributed by atoms with Gasteiger partial charge in [0, 0.05) is 18.4 Å². The Morgan fingerprint density at radius 1 is 0.846 bits per heavy atom. The van der Waals surface area contributed by atoms with Gasteiger partial charge in [0.2, 0.25) is 0 Å². The van der Waals surface area contributed by atoms with E-state index in [-0.39, 0.29) is 11.8 Å². The van der Waals surface area contributed by atoms with E-state index in [1.165, 1.54) is 0 Å². The Labute approximate surface area is 154 Å². The van der Waals surface area contributed by atoms with Crippen molar-refractivity contribution >= 4 is 23.1 Å². The lowest BCUT2D eigenvalue weighted by atomic mass is 10.1. The minimum Gasteiger partial charge on any atom is -0.427 e. The zero-order valence-corrected chi connectivity index (χ0v) is 15.3. The summed E-state index contributed by atoms with van der Waals surface area (Å²) in [5, 5.41) is 8.30. The number of nitrogens with zero attached hydrogens (tertiary/aromatic N) is 2. The molecule has 0 saturated heterocycles. The summed E-state index contributed by atoms with van der Waals surface area (Å²) in [6.07, 6.45) is 3.87. The second-order valence-corrected chi connectivity index (χ2v) is 5.95. The van der Waals surface area contributed by atoms with Gasteiger partial charge in [0.05, 0.1) is 11.4 Å². The van der Waals surface area contributed by atoms with Crippen LogP contribution in [0.3, 0.4) is 0 Å². The average Bonchev–Trinajstić information content (AvgIpc) is 2.67. The third kappa shape index (κ3) is 6.24. The average molecular weight is 352 g/mol. The lowest BCUT2D eigenvalue weighted by molar-refractivity contribution is -0.134. The summed E-state index contributed by atoms with van der Waals surface area (Å²) in [5.41, 5.74) is 2.00. The smallest absolute Gasteiger partial charge is 0.311 e. The van der Waals surface area contributed by atoms with E-state index < -0.39 is 0 Å². The Balaban J connectivity index is 1.91. The van der Waals surface area contributed by atoms with E-state index in [0.29, 0.717) is 35.5 Å². The van der Waals surface area contributed by atoms with Crippen molar-refractivity contribution in [1.82, 2.24) is 0 Å². The van der Waals surface area contributed by atoms with Crippen molar-refractivity contribution in [3.63, 3.8) is 0 Å². The first-order valence-electron chi connectivity index (χ1n) is 8.98. The number of azo groups is 1. The molecule has 0 aromatic heterocycles. The van der Waals surface area contributed by atoms with Crippen LogP contribution in [0.15, 0.2) is 58.8 Å². The molecule has 2 rings (SSSR count). The summed E-state index contributed by atoms with van der Waals surface area (Å²) in [4.78, 5) is 23.3. The molecule has 0 amide bonds. The number of unbranched alkanes of at least 4 members (excludes halogenated alkanes) is 2. The number of rotatable bonds is 9. The third-order valence-electron chi connectivity index (χ3n) is 3.84. The number of hydrogen-bond acceptors (Lipinski definition) is 5. The van der Waals surface area contributed by atoms with Crippen molar-refractivity contribution in [2.45, 2.75) is 46.0 Å². The molecule has 26 heavy (non-hydrogen) atoms. The monoisotopic (exact) mass is 352 g/mol. The van der Waals surface area contributed by atoms with Crippen LogP contribution in [0.5, 0.6) is 5.75 Å². The van der Waals surface area contributed by atoms with Gasteiger partial charge in [-0.15, -0.1) is 0 Å². The molecule has 0 unspecified atom stereocenters. The van der Waals surface area contributed by atoms with Crippen molar-refractivity contribution in [1.29, 1.82) is 0 Å². The summed E-state index contributed by atoms with van der Waals surface area (Å²) < 4.78 is 5.28. The van der Waals surface area contributed by atoms with Gasteiger partial charge in [0.1, 0.15) is 5.75 Å². The molecule has 5 heteroatoms. The number of Topliss-reactive ketones (excluding diaryl/α,β-unsaturated/α-hetero) is 1. The topological polar surface area (TPSA) is 68.1 Å². The van der Waals surface area contributed by atoms with Crippen LogP contribution in [-0.2, 0) is 4.79 Å². The van der Waals surface area contributed by atoms with Gasteiger partial charge in [-0.1, -0.05) is 26.7 Å². The zero-order valence-electron chi connectivity index (χ0n) is 15.3. The highest BCUT2D eigenvalue weighted by Crippen LogP contribution is 2.22. The highest BCUT2D eigenvalue weighted by atomic mass is 16.5. The van der Waals surface area contributed by atoms with Crippen molar-refractivity contribution < 1.29 is 14.3 Å². The molecule has 0 bridgehead atoms. The first-order chi connectivity index (χ1) is 12.6. The molecular formula is C21H24N2O3. The van der Waals surface area contributed by atoms with E-state index in [4.69, 9.17) is 4.74 Å². The largest absolute Gasteiger partial charge is 0.427 e. The van der Waals surface area contributed by atoms with Crippen molar-refractivity contribution in [2.75, 3.05) is 0 Å². The van der Waals surface area contributed by atoms with Gasteiger partial charge < -0.3 is 4.74 Å². The summed E-state index contributed by atoms with van der Waals surface area (Å²) >= 11 is 0. The predicted octanol–water partition coefficient (Wildman–Crippen LogP) is 6.18. The Kier molecular flexibility index (Phi) is 7.68. The number of benzene rings is 2. The maximum atomic E-state index is 11.7. The molecule has 0 fully saturated rings. The van der Waals surface area contributed by atoms with Crippen LogP contribution < -0.4 is 4.74 Å². The van der Waals surface area contributed by atoms with Crippen LogP contribution in [-0.4, -0.2) is 11.8 Å². The minimum absolute atomic E-state index is 0.105. The first kappa shape index (κ1) is 19.5. The molecule has 0 N–H and O–H groups in total. The van der Waals surface area contributed by atoms with E-state index >= 15 is 0 Å². The van der Waals surface area contributed by atoms with Gasteiger partial charge in [-0.25, -0.2) is 0 Å². The number of ether oxygens (including phenoxy) is 1. The van der Waals surface area contributed by atoms with Crippen LogP contribution in [0.25, 0.3) is 0 Å². The number of carbonyl (C=O) groups excluding carboxylic acids is 2. The summed E-state index contributed by atoms with van der Waals surface area (Å²) in [6, 6.07) is 13.9. The molecule has 0 spiro atoms. The molecule has 0 radical (unpaired) electrons. The fourth-order valence-electron chi connectivity index (χ4n) is 2.32. The molecule has 0 saturated carbocycles. The second kappa shape index (κ2) is 10.2. The lowest BCUT2D eigenvalue weighted by Crippen LogP contribution is -2.07. The van der Waals surface area contributed by atoms with Crippen LogP contribution in [0, 0.1) is 0 Å². The zero-order chi connectivity index (χ0) is 18.8. The quantitative estimate of drug-likeness (QED) is 0.178. The maximum Gasteiger partial charge on any atom is 0.311 e. The van der Waals surface area contributed by atoms with Crippen LogP contribution in [0.4, 0.5) is 11.4 Å². The molecule has 5 nitrogen and oxygen atoms in total. The Hall–Kier alpha value is -2.82. The van der Waals surface area contributed by atoms with Crippen molar-refractivity contribution in [2.24, 2.45) is 10.2 Å². The van der Waals surface area contributed by atoms with Gasteiger partial charge in [0.15, 0.2) is 5.78 Å². The predicted molar refractivity (Wildman–Crippen MR) is 101 cm³/mol. The molecule has 0 aliphatic rings. The van der Waals surface area contributed by atoms with E-state index in [1.54, 1.807) is 48.5 Å². The number of carbonyl (C=O) groups is 2. The first-order valence-corrected chi connectivity index (χ1v) is 8.98. The molecule has 0 atom stereocenters. The normalized spacial score (nSPS) is 10.8. The maximum absolute atomic E-state index is 11.7. The molecule has 2 aromatic rings. The van der Waals surface area contributed by atoms with Gasteiger partial charge in [-0.2, -0.15) is 10.2 Å². The fourth-order valence-corrected chi connectivity index (χ4v) is 2.32. The standard InChI is InChI=1S/C21H24N2O3/c1-3-5-6-7-21(25)26-19-14-12-18(13-15-19)23-22-17-10-8-16(9-11-17)20(24)4-2/h8-15H,3-7H2,1-2H3. The van der Waals surface area contributed by atoms with Crippen molar-refractivity contribution in [3.05, 3.63) is 54.1 Å². The van der Waals surface area contributed by atoms with E-state index in [9.17, 15) is 9.59 Å². The molecule has 0 aliphatic heterocycles. The SMILES string of the molecule is CCCCCC(=O)Oc1ccc(N=Nc2ccc(C(=O)CC)cc2)cc1. The molecule has 2 aromatic carbocycles.